The van der Waals surface area contributed by atoms with E-state index in [1.54, 1.807) is 0 Å². The van der Waals surface area contributed by atoms with E-state index in [-0.39, 0.29) is 6.04 Å². The number of nitrogens with two attached hydrogens (primary N) is 1. The zero-order valence-electron chi connectivity index (χ0n) is 12.0. The van der Waals surface area contributed by atoms with Gasteiger partial charge in [-0.25, -0.2) is 4.79 Å². The fraction of sp³-hybridized carbons (Fsp3) is 0.500. The minimum Gasteiger partial charge on any atom is -0.475 e. The maximum atomic E-state index is 11.9. The van der Waals surface area contributed by atoms with E-state index in [9.17, 15) is 9.59 Å². The molecule has 0 saturated heterocycles. The number of benzene rings is 1. The smallest absolute Gasteiger partial charge is 0.373 e. The Balaban J connectivity index is 2.02. The number of aliphatic carboxylic acids is 1. The highest BCUT2D eigenvalue weighted by Gasteiger charge is 2.30. The zero-order chi connectivity index (χ0) is 15.2. The van der Waals surface area contributed by atoms with E-state index in [0.29, 0.717) is 18.9 Å². The summed E-state index contributed by atoms with van der Waals surface area (Å²) in [4.78, 5) is 22.9. The summed E-state index contributed by atoms with van der Waals surface area (Å²) in [7, 11) is 0. The van der Waals surface area contributed by atoms with Crippen molar-refractivity contribution in [1.82, 2.24) is 5.32 Å². The third-order valence-electron chi connectivity index (χ3n) is 4.12. The van der Waals surface area contributed by atoms with Crippen LogP contribution in [0.4, 0.5) is 0 Å². The molecular formula is C16H22N2O3. The van der Waals surface area contributed by atoms with Gasteiger partial charge in [-0.1, -0.05) is 30.3 Å². The van der Waals surface area contributed by atoms with Crippen molar-refractivity contribution in [2.24, 2.45) is 11.7 Å². The third-order valence-corrected chi connectivity index (χ3v) is 4.12. The summed E-state index contributed by atoms with van der Waals surface area (Å²) in [6, 6.07) is 8.98. The van der Waals surface area contributed by atoms with Gasteiger partial charge in [0.05, 0.1) is 6.04 Å². The highest BCUT2D eigenvalue weighted by atomic mass is 16.4. The van der Waals surface area contributed by atoms with Gasteiger partial charge in [-0.3, -0.25) is 4.79 Å². The predicted octanol–water partition coefficient (Wildman–Crippen LogP) is 0.968. The number of hydrogen-bond donors (Lipinski definition) is 3. The number of ketones is 1. The fourth-order valence-electron chi connectivity index (χ4n) is 2.95. The molecule has 0 heterocycles. The number of carboxylic acid groups (broad SMARTS) is 1. The van der Waals surface area contributed by atoms with Crippen LogP contribution in [0.15, 0.2) is 30.3 Å². The molecule has 114 valence electrons. The standard InChI is InChI=1S/C16H22N2O3/c17-10-12-6-7-13(8-12)18-14(15(19)16(20)21)9-11-4-2-1-3-5-11/h1-5,12-14,18H,6-10,17H2,(H,20,21)/t12?,13?,14-/m0/s1. The molecule has 0 spiro atoms. The maximum absolute atomic E-state index is 11.9. The molecule has 1 aromatic carbocycles. The predicted molar refractivity (Wildman–Crippen MR) is 79.9 cm³/mol. The Morgan fingerprint density at radius 1 is 1.29 bits per heavy atom. The molecule has 3 atom stereocenters. The molecular weight excluding hydrogens is 268 g/mol. The number of carbonyl (C=O) groups excluding carboxylic acids is 1. The van der Waals surface area contributed by atoms with Gasteiger partial charge in [-0.15, -0.1) is 0 Å². The van der Waals surface area contributed by atoms with Gasteiger partial charge in [0.25, 0.3) is 5.78 Å². The molecule has 1 aliphatic carbocycles. The summed E-state index contributed by atoms with van der Waals surface area (Å²) in [5.41, 5.74) is 6.63. The van der Waals surface area contributed by atoms with Gasteiger partial charge in [0.1, 0.15) is 0 Å². The molecule has 0 radical (unpaired) electrons. The molecule has 0 aromatic heterocycles. The van der Waals surface area contributed by atoms with E-state index in [1.165, 1.54) is 0 Å². The molecule has 1 aliphatic rings. The van der Waals surface area contributed by atoms with Crippen molar-refractivity contribution < 1.29 is 14.7 Å². The quantitative estimate of drug-likeness (QED) is 0.651. The lowest BCUT2D eigenvalue weighted by Crippen LogP contribution is -2.46. The number of carbonyl (C=O) groups is 2. The molecule has 5 heteroatoms. The first-order chi connectivity index (χ1) is 10.1. The summed E-state index contributed by atoms with van der Waals surface area (Å²) < 4.78 is 0. The molecule has 21 heavy (non-hydrogen) atoms. The van der Waals surface area contributed by atoms with Crippen molar-refractivity contribution in [2.45, 2.75) is 37.8 Å². The Labute approximate surface area is 124 Å². The van der Waals surface area contributed by atoms with Crippen LogP contribution in [0.2, 0.25) is 0 Å². The Kier molecular flexibility index (Phi) is 5.47. The molecule has 1 aromatic rings. The van der Waals surface area contributed by atoms with Crippen LogP contribution < -0.4 is 11.1 Å². The van der Waals surface area contributed by atoms with Crippen LogP contribution in [-0.2, 0) is 16.0 Å². The normalized spacial score (nSPS) is 22.9. The summed E-state index contributed by atoms with van der Waals surface area (Å²) >= 11 is 0. The van der Waals surface area contributed by atoms with Gasteiger partial charge in [0, 0.05) is 6.04 Å². The molecule has 0 aliphatic heterocycles. The van der Waals surface area contributed by atoms with Crippen molar-refractivity contribution in [1.29, 1.82) is 0 Å². The minimum absolute atomic E-state index is 0.176. The SMILES string of the molecule is NCC1CCC(N[C@@H](Cc2ccccc2)C(=O)C(=O)O)C1. The molecule has 2 rings (SSSR count). The lowest BCUT2D eigenvalue weighted by Gasteiger charge is -2.21. The largest absolute Gasteiger partial charge is 0.475 e. The van der Waals surface area contributed by atoms with Gasteiger partial charge < -0.3 is 16.2 Å². The average molecular weight is 290 g/mol. The molecule has 0 bridgehead atoms. The first kappa shape index (κ1) is 15.7. The third kappa shape index (κ3) is 4.37. The number of nitrogens with one attached hydrogen (secondary N) is 1. The number of hydrogen-bond acceptors (Lipinski definition) is 4. The van der Waals surface area contributed by atoms with Gasteiger partial charge in [-0.05, 0) is 43.7 Å². The zero-order valence-corrected chi connectivity index (χ0v) is 12.0. The molecule has 1 saturated carbocycles. The van der Waals surface area contributed by atoms with Gasteiger partial charge in [0.2, 0.25) is 0 Å². The van der Waals surface area contributed by atoms with Crippen molar-refractivity contribution in [3.8, 4) is 0 Å². The fourth-order valence-corrected chi connectivity index (χ4v) is 2.95. The monoisotopic (exact) mass is 290 g/mol. The Bertz CT molecular complexity index is 490. The van der Waals surface area contributed by atoms with Crippen LogP contribution in [0.25, 0.3) is 0 Å². The maximum Gasteiger partial charge on any atom is 0.373 e. The summed E-state index contributed by atoms with van der Waals surface area (Å²) in [6.07, 6.45) is 3.29. The van der Waals surface area contributed by atoms with E-state index >= 15 is 0 Å². The molecule has 2 unspecified atom stereocenters. The van der Waals surface area contributed by atoms with E-state index in [1.807, 2.05) is 30.3 Å². The second-order valence-electron chi connectivity index (χ2n) is 5.69. The van der Waals surface area contributed by atoms with Gasteiger partial charge in [0.15, 0.2) is 0 Å². The van der Waals surface area contributed by atoms with Crippen LogP contribution in [-0.4, -0.2) is 35.5 Å². The summed E-state index contributed by atoms with van der Waals surface area (Å²) in [5.74, 6) is -1.67. The highest BCUT2D eigenvalue weighted by molar-refractivity contribution is 6.34. The van der Waals surface area contributed by atoms with Crippen LogP contribution in [0.1, 0.15) is 24.8 Å². The molecule has 1 fully saturated rings. The van der Waals surface area contributed by atoms with E-state index < -0.39 is 17.8 Å². The summed E-state index contributed by atoms with van der Waals surface area (Å²) in [5, 5.41) is 12.2. The van der Waals surface area contributed by atoms with Crippen molar-refractivity contribution in [2.75, 3.05) is 6.54 Å². The van der Waals surface area contributed by atoms with Crippen molar-refractivity contribution in [3.05, 3.63) is 35.9 Å². The number of Topliss-reactive ketones (excluding diaryl/α,β-unsaturated/α-hetero) is 1. The lowest BCUT2D eigenvalue weighted by atomic mass is 10.0. The topological polar surface area (TPSA) is 92.4 Å². The first-order valence-electron chi connectivity index (χ1n) is 7.37. The number of carboxylic acids is 1. The lowest BCUT2D eigenvalue weighted by molar-refractivity contribution is -0.150. The van der Waals surface area contributed by atoms with Crippen LogP contribution in [0.3, 0.4) is 0 Å². The second kappa shape index (κ2) is 7.33. The minimum atomic E-state index is -1.38. The Morgan fingerprint density at radius 2 is 2.00 bits per heavy atom. The van der Waals surface area contributed by atoms with Gasteiger partial charge >= 0.3 is 5.97 Å². The van der Waals surface area contributed by atoms with E-state index in [2.05, 4.69) is 5.32 Å². The molecule has 4 N–H and O–H groups in total. The summed E-state index contributed by atoms with van der Waals surface area (Å²) in [6.45, 7) is 0.647. The van der Waals surface area contributed by atoms with Gasteiger partial charge in [-0.2, -0.15) is 0 Å². The van der Waals surface area contributed by atoms with Crippen molar-refractivity contribution in [3.63, 3.8) is 0 Å². The van der Waals surface area contributed by atoms with E-state index in [0.717, 1.165) is 24.8 Å². The highest BCUT2D eigenvalue weighted by Crippen LogP contribution is 2.25. The second-order valence-corrected chi connectivity index (χ2v) is 5.69. The van der Waals surface area contributed by atoms with Crippen LogP contribution in [0, 0.1) is 5.92 Å². The molecule has 5 nitrogen and oxygen atoms in total. The number of rotatable bonds is 7. The average Bonchev–Trinajstić information content (AvgIpc) is 2.94. The van der Waals surface area contributed by atoms with Crippen LogP contribution in [0.5, 0.6) is 0 Å². The van der Waals surface area contributed by atoms with E-state index in [4.69, 9.17) is 10.8 Å². The first-order valence-corrected chi connectivity index (χ1v) is 7.37. The Hall–Kier alpha value is -1.72. The van der Waals surface area contributed by atoms with Crippen LogP contribution >= 0.6 is 0 Å². The van der Waals surface area contributed by atoms with Crippen molar-refractivity contribution >= 4 is 11.8 Å². The Morgan fingerprint density at radius 3 is 2.57 bits per heavy atom. The molecule has 0 amide bonds.